The van der Waals surface area contributed by atoms with Crippen LogP contribution in [0.2, 0.25) is 0 Å². The molecule has 2 atom stereocenters. The summed E-state index contributed by atoms with van der Waals surface area (Å²) >= 11 is 3.04. The van der Waals surface area contributed by atoms with E-state index in [1.807, 2.05) is 55.6 Å². The van der Waals surface area contributed by atoms with Crippen molar-refractivity contribution in [3.63, 3.8) is 0 Å². The van der Waals surface area contributed by atoms with Gasteiger partial charge in [-0.3, -0.25) is 9.36 Å². The number of nitrogens with zero attached hydrogens (tertiary/aromatic N) is 2. The van der Waals surface area contributed by atoms with Crippen LogP contribution in [0.25, 0.3) is 10.9 Å². The van der Waals surface area contributed by atoms with Gasteiger partial charge >= 0.3 is 0 Å². The van der Waals surface area contributed by atoms with Gasteiger partial charge in [-0.2, -0.15) is 0 Å². The molecule has 0 unspecified atom stereocenters. The highest BCUT2D eigenvalue weighted by Crippen LogP contribution is 2.23. The van der Waals surface area contributed by atoms with Crippen LogP contribution in [0.4, 0.5) is 0 Å². The van der Waals surface area contributed by atoms with E-state index in [-0.39, 0.29) is 18.2 Å². The zero-order valence-corrected chi connectivity index (χ0v) is 17.1. The summed E-state index contributed by atoms with van der Waals surface area (Å²) in [4.78, 5) is 18.7. The first-order valence-corrected chi connectivity index (χ1v) is 10.9. The van der Waals surface area contributed by atoms with Crippen LogP contribution < -0.4 is 5.56 Å². The maximum Gasteiger partial charge on any atom is 0.262 e. The second-order valence-corrected chi connectivity index (χ2v) is 8.42. The molecule has 7 heteroatoms. The number of fused-ring (bicyclic) bond motifs is 1. The average Bonchev–Trinajstić information content (AvgIpc) is 3.19. The van der Waals surface area contributed by atoms with E-state index in [9.17, 15) is 9.90 Å². The summed E-state index contributed by atoms with van der Waals surface area (Å²) < 4.78 is 7.32. The normalized spacial score (nSPS) is 13.7. The molecule has 0 radical (unpaired) electrons. The van der Waals surface area contributed by atoms with Gasteiger partial charge < -0.3 is 9.84 Å². The lowest BCUT2D eigenvalue weighted by molar-refractivity contribution is 0.0408. The molecule has 0 saturated heterocycles. The average molecular weight is 405 g/mol. The van der Waals surface area contributed by atoms with Gasteiger partial charge in [0.15, 0.2) is 5.16 Å². The molecule has 1 aromatic carbocycles. The molecule has 0 amide bonds. The Morgan fingerprint density at radius 1 is 1.30 bits per heavy atom. The van der Waals surface area contributed by atoms with Crippen LogP contribution in [0.5, 0.6) is 0 Å². The van der Waals surface area contributed by atoms with Gasteiger partial charge in [-0.05, 0) is 36.9 Å². The fourth-order valence-electron chi connectivity index (χ4n) is 2.71. The standard InChI is InChI=1S/C20H24N2O3S2/c1-3-14(2)22-19(24)17-8-4-5-9-18(17)21-20(22)27-13-15(23)11-25-12-16-7-6-10-26-16/h4-10,14-15,23H,3,11-13H2,1-2H3/t14-,15+/m1/s1. The number of aliphatic hydroxyl groups is 1. The molecule has 2 heterocycles. The van der Waals surface area contributed by atoms with Crippen molar-refractivity contribution in [3.8, 4) is 0 Å². The number of hydrogen-bond donors (Lipinski definition) is 1. The lowest BCUT2D eigenvalue weighted by Crippen LogP contribution is -2.27. The zero-order valence-electron chi connectivity index (χ0n) is 15.5. The number of rotatable bonds is 9. The Balaban J connectivity index is 1.70. The molecule has 27 heavy (non-hydrogen) atoms. The van der Waals surface area contributed by atoms with Crippen molar-refractivity contribution >= 4 is 34.0 Å². The van der Waals surface area contributed by atoms with E-state index in [1.54, 1.807) is 15.9 Å². The predicted molar refractivity (Wildman–Crippen MR) is 112 cm³/mol. The largest absolute Gasteiger partial charge is 0.390 e. The van der Waals surface area contributed by atoms with Crippen molar-refractivity contribution in [3.05, 3.63) is 57.0 Å². The maximum absolute atomic E-state index is 12.9. The van der Waals surface area contributed by atoms with Gasteiger partial charge in [0.2, 0.25) is 0 Å². The van der Waals surface area contributed by atoms with Crippen molar-refractivity contribution in [1.29, 1.82) is 0 Å². The highest BCUT2D eigenvalue weighted by Gasteiger charge is 2.17. The predicted octanol–water partition coefficient (Wildman–Crippen LogP) is 4.10. The molecule has 0 aliphatic heterocycles. The molecule has 0 fully saturated rings. The first-order valence-electron chi connectivity index (χ1n) is 9.02. The number of thioether (sulfide) groups is 1. The van der Waals surface area contributed by atoms with Crippen LogP contribution in [0.15, 0.2) is 51.7 Å². The Hall–Kier alpha value is -1.67. The first-order chi connectivity index (χ1) is 13.1. The van der Waals surface area contributed by atoms with Crippen LogP contribution in [0.1, 0.15) is 31.2 Å². The third kappa shape index (κ3) is 4.99. The smallest absolute Gasteiger partial charge is 0.262 e. The minimum absolute atomic E-state index is 0.0270. The van der Waals surface area contributed by atoms with Gasteiger partial charge in [0.05, 0.1) is 30.2 Å². The quantitative estimate of drug-likeness (QED) is 0.430. The highest BCUT2D eigenvalue weighted by molar-refractivity contribution is 7.99. The SMILES string of the molecule is CC[C@@H](C)n1c(SC[C@@H](O)COCc2cccs2)nc2ccccc2c1=O. The molecule has 2 aromatic heterocycles. The van der Waals surface area contributed by atoms with Gasteiger partial charge in [0.25, 0.3) is 5.56 Å². The Labute approximate surface area is 167 Å². The Bertz CT molecular complexity index is 925. The van der Waals surface area contributed by atoms with Crippen molar-refractivity contribution in [2.24, 2.45) is 0 Å². The van der Waals surface area contributed by atoms with E-state index in [2.05, 4.69) is 4.98 Å². The summed E-state index contributed by atoms with van der Waals surface area (Å²) in [6, 6.07) is 11.4. The summed E-state index contributed by atoms with van der Waals surface area (Å²) in [5, 5.41) is 13.5. The number of hydrogen-bond acceptors (Lipinski definition) is 6. The third-order valence-corrected chi connectivity index (χ3v) is 6.29. The van der Waals surface area contributed by atoms with Crippen LogP contribution in [-0.2, 0) is 11.3 Å². The lowest BCUT2D eigenvalue weighted by atomic mass is 10.2. The first kappa shape index (κ1) is 20.1. The van der Waals surface area contributed by atoms with Gasteiger partial charge in [0.1, 0.15) is 0 Å². The zero-order chi connectivity index (χ0) is 19.2. The molecule has 144 valence electrons. The fraction of sp³-hybridized carbons (Fsp3) is 0.400. The van der Waals surface area contributed by atoms with E-state index >= 15 is 0 Å². The Morgan fingerprint density at radius 2 is 2.11 bits per heavy atom. The van der Waals surface area contributed by atoms with Crippen LogP contribution in [0.3, 0.4) is 0 Å². The van der Waals surface area contributed by atoms with Crippen molar-refractivity contribution in [1.82, 2.24) is 9.55 Å². The van der Waals surface area contributed by atoms with Gasteiger partial charge in [-0.1, -0.05) is 36.9 Å². The van der Waals surface area contributed by atoms with Crippen LogP contribution in [0, 0.1) is 0 Å². The van der Waals surface area contributed by atoms with E-state index in [0.29, 0.717) is 28.4 Å². The third-order valence-electron chi connectivity index (χ3n) is 4.35. The second-order valence-electron chi connectivity index (χ2n) is 6.40. The van der Waals surface area contributed by atoms with Gasteiger partial charge in [-0.15, -0.1) is 11.3 Å². The molecular formula is C20H24N2O3S2. The molecule has 3 rings (SSSR count). The van der Waals surface area contributed by atoms with Crippen LogP contribution >= 0.6 is 23.1 Å². The lowest BCUT2D eigenvalue weighted by Gasteiger charge is -2.19. The maximum atomic E-state index is 12.9. The second kappa shape index (κ2) is 9.50. The number of thiophene rings is 1. The Morgan fingerprint density at radius 3 is 2.85 bits per heavy atom. The molecule has 5 nitrogen and oxygen atoms in total. The minimum atomic E-state index is -0.622. The van der Waals surface area contributed by atoms with Crippen molar-refractivity contribution < 1.29 is 9.84 Å². The van der Waals surface area contributed by atoms with Crippen molar-refractivity contribution in [2.45, 2.75) is 44.2 Å². The topological polar surface area (TPSA) is 64.3 Å². The van der Waals surface area contributed by atoms with Crippen molar-refractivity contribution in [2.75, 3.05) is 12.4 Å². The molecule has 0 bridgehead atoms. The molecule has 0 aliphatic carbocycles. The minimum Gasteiger partial charge on any atom is -0.390 e. The van der Waals surface area contributed by atoms with Gasteiger partial charge in [0, 0.05) is 16.7 Å². The molecule has 0 saturated carbocycles. The number of aromatic nitrogens is 2. The van der Waals surface area contributed by atoms with E-state index in [1.165, 1.54) is 11.8 Å². The number of benzene rings is 1. The summed E-state index contributed by atoms with van der Waals surface area (Å²) in [6.45, 7) is 4.83. The highest BCUT2D eigenvalue weighted by atomic mass is 32.2. The molecular weight excluding hydrogens is 380 g/mol. The molecule has 0 aliphatic rings. The molecule has 0 spiro atoms. The number of aliphatic hydroxyl groups excluding tert-OH is 1. The summed E-state index contributed by atoms with van der Waals surface area (Å²) in [6.07, 6.45) is 0.212. The monoisotopic (exact) mass is 404 g/mol. The summed E-state index contributed by atoms with van der Waals surface area (Å²) in [5.41, 5.74) is 0.661. The van der Waals surface area contributed by atoms with Crippen LogP contribution in [-0.4, -0.2) is 33.1 Å². The summed E-state index contributed by atoms with van der Waals surface area (Å²) in [5.74, 6) is 0.422. The van der Waals surface area contributed by atoms with E-state index < -0.39 is 6.10 Å². The van der Waals surface area contributed by atoms with E-state index in [0.717, 1.165) is 11.3 Å². The fourth-order valence-corrected chi connectivity index (χ4v) is 4.35. The number of ether oxygens (including phenoxy) is 1. The number of para-hydroxylation sites is 1. The van der Waals surface area contributed by atoms with E-state index in [4.69, 9.17) is 4.74 Å². The molecule has 1 N–H and O–H groups in total. The summed E-state index contributed by atoms with van der Waals surface area (Å²) in [7, 11) is 0. The molecule has 3 aromatic rings. The Kier molecular flexibility index (Phi) is 7.07. The van der Waals surface area contributed by atoms with Gasteiger partial charge in [-0.25, -0.2) is 4.98 Å².